The molecule has 0 aliphatic carbocycles. The molecule has 0 bridgehead atoms. The summed E-state index contributed by atoms with van der Waals surface area (Å²) in [6.07, 6.45) is 4.35. The second-order valence-electron chi connectivity index (χ2n) is 4.98. The molecule has 0 amide bonds. The fraction of sp³-hybridized carbons (Fsp3) is 0.692. The molecule has 1 atom stereocenters. The molecule has 17 heavy (non-hydrogen) atoms. The Balaban J connectivity index is 2.18. The minimum Gasteiger partial charge on any atom is -0.337 e. The minimum absolute atomic E-state index is 0.460. The van der Waals surface area contributed by atoms with Crippen molar-refractivity contribution in [1.29, 1.82) is 0 Å². The Morgan fingerprint density at radius 3 is 3.06 bits per heavy atom. The molecule has 94 valence electrons. The van der Waals surface area contributed by atoms with Crippen molar-refractivity contribution in [2.45, 2.75) is 38.6 Å². The number of hydrogen-bond acceptors (Lipinski definition) is 4. The second kappa shape index (κ2) is 5.45. The summed E-state index contributed by atoms with van der Waals surface area (Å²) in [6, 6.07) is 2.56. The predicted octanol–water partition coefficient (Wildman–Crippen LogP) is 1.79. The molecule has 1 N–H and O–H groups in total. The second-order valence-corrected chi connectivity index (χ2v) is 4.98. The molecule has 4 nitrogen and oxygen atoms in total. The lowest BCUT2D eigenvalue weighted by molar-refractivity contribution is 0.605. The molecule has 2 heterocycles. The summed E-state index contributed by atoms with van der Waals surface area (Å²) in [5, 5.41) is 3.25. The molecule has 0 aromatic carbocycles. The molecule has 0 spiro atoms. The van der Waals surface area contributed by atoms with Crippen LogP contribution in [0.15, 0.2) is 12.3 Å². The van der Waals surface area contributed by atoms with Gasteiger partial charge in [-0.15, -0.1) is 0 Å². The third kappa shape index (κ3) is 2.75. The van der Waals surface area contributed by atoms with Gasteiger partial charge in [0.1, 0.15) is 0 Å². The van der Waals surface area contributed by atoms with Gasteiger partial charge in [0, 0.05) is 31.0 Å². The normalized spacial score (nSPS) is 20.2. The van der Waals surface area contributed by atoms with Gasteiger partial charge in [-0.1, -0.05) is 13.8 Å². The van der Waals surface area contributed by atoms with Crippen LogP contribution >= 0.6 is 0 Å². The average Bonchev–Trinajstić information content (AvgIpc) is 2.78. The van der Waals surface area contributed by atoms with Crippen molar-refractivity contribution in [2.24, 2.45) is 0 Å². The van der Waals surface area contributed by atoms with Crippen LogP contribution in [0.1, 0.15) is 38.3 Å². The highest BCUT2D eigenvalue weighted by atomic mass is 15.3. The first kappa shape index (κ1) is 12.3. The summed E-state index contributed by atoms with van der Waals surface area (Å²) in [7, 11) is 2.00. The third-order valence-electron chi connectivity index (χ3n) is 3.33. The van der Waals surface area contributed by atoms with Crippen LogP contribution in [0.2, 0.25) is 0 Å². The SMILES string of the molecule is CNC[C@@H]1CCCN1c1nccc(C(C)C)n1. The fourth-order valence-electron chi connectivity index (χ4n) is 2.37. The van der Waals surface area contributed by atoms with E-state index < -0.39 is 0 Å². The Bertz CT molecular complexity index is 364. The summed E-state index contributed by atoms with van der Waals surface area (Å²) >= 11 is 0. The molecular weight excluding hydrogens is 212 g/mol. The molecular formula is C13H22N4. The van der Waals surface area contributed by atoms with Crippen molar-refractivity contribution < 1.29 is 0 Å². The molecule has 1 saturated heterocycles. The zero-order valence-corrected chi connectivity index (χ0v) is 11.0. The van der Waals surface area contributed by atoms with Crippen LogP contribution in [0.5, 0.6) is 0 Å². The summed E-state index contributed by atoms with van der Waals surface area (Å²) in [4.78, 5) is 11.4. The third-order valence-corrected chi connectivity index (χ3v) is 3.33. The van der Waals surface area contributed by atoms with Gasteiger partial charge in [-0.05, 0) is 31.9 Å². The predicted molar refractivity (Wildman–Crippen MR) is 70.4 cm³/mol. The Hall–Kier alpha value is -1.16. The summed E-state index contributed by atoms with van der Waals surface area (Å²) in [5.74, 6) is 1.36. The first-order valence-electron chi connectivity index (χ1n) is 6.46. The number of hydrogen-bond donors (Lipinski definition) is 1. The Morgan fingerprint density at radius 2 is 2.35 bits per heavy atom. The lowest BCUT2D eigenvalue weighted by Crippen LogP contribution is -2.37. The molecule has 0 saturated carbocycles. The van der Waals surface area contributed by atoms with Gasteiger partial charge in [-0.25, -0.2) is 9.97 Å². The summed E-state index contributed by atoms with van der Waals surface area (Å²) in [5.41, 5.74) is 1.13. The highest BCUT2D eigenvalue weighted by Crippen LogP contribution is 2.23. The van der Waals surface area contributed by atoms with Crippen molar-refractivity contribution >= 4 is 5.95 Å². The summed E-state index contributed by atoms with van der Waals surface area (Å²) in [6.45, 7) is 6.42. The van der Waals surface area contributed by atoms with Crippen molar-refractivity contribution in [3.8, 4) is 0 Å². The minimum atomic E-state index is 0.460. The number of anilines is 1. The molecule has 1 aromatic heterocycles. The van der Waals surface area contributed by atoms with Crippen LogP contribution in [0.25, 0.3) is 0 Å². The van der Waals surface area contributed by atoms with Crippen LogP contribution in [0.4, 0.5) is 5.95 Å². The van der Waals surface area contributed by atoms with Gasteiger partial charge >= 0.3 is 0 Å². The Morgan fingerprint density at radius 1 is 1.53 bits per heavy atom. The van der Waals surface area contributed by atoms with E-state index in [1.54, 1.807) is 0 Å². The van der Waals surface area contributed by atoms with Gasteiger partial charge in [0.15, 0.2) is 0 Å². The van der Waals surface area contributed by atoms with Crippen molar-refractivity contribution in [1.82, 2.24) is 15.3 Å². The van der Waals surface area contributed by atoms with E-state index in [1.165, 1.54) is 12.8 Å². The zero-order valence-electron chi connectivity index (χ0n) is 11.0. The largest absolute Gasteiger partial charge is 0.337 e. The van der Waals surface area contributed by atoms with E-state index in [0.717, 1.165) is 24.7 Å². The maximum atomic E-state index is 4.67. The molecule has 1 aromatic rings. The topological polar surface area (TPSA) is 41.0 Å². The average molecular weight is 234 g/mol. The summed E-state index contributed by atoms with van der Waals surface area (Å²) < 4.78 is 0. The highest BCUT2D eigenvalue weighted by molar-refractivity contribution is 5.34. The lowest BCUT2D eigenvalue weighted by atomic mass is 10.1. The Kier molecular flexibility index (Phi) is 3.94. The van der Waals surface area contributed by atoms with E-state index in [4.69, 9.17) is 0 Å². The highest BCUT2D eigenvalue weighted by Gasteiger charge is 2.26. The number of rotatable bonds is 4. The first-order chi connectivity index (χ1) is 8.22. The smallest absolute Gasteiger partial charge is 0.225 e. The van der Waals surface area contributed by atoms with Crippen LogP contribution < -0.4 is 10.2 Å². The molecule has 0 radical (unpaired) electrons. The van der Waals surface area contributed by atoms with Gasteiger partial charge in [0.2, 0.25) is 5.95 Å². The number of nitrogens with zero attached hydrogens (tertiary/aromatic N) is 3. The van der Waals surface area contributed by atoms with Gasteiger partial charge in [-0.3, -0.25) is 0 Å². The number of likely N-dealkylation sites (N-methyl/N-ethyl adjacent to an activating group) is 1. The molecule has 0 unspecified atom stereocenters. The van der Waals surface area contributed by atoms with E-state index in [0.29, 0.717) is 12.0 Å². The standard InChI is InChI=1S/C13H22N4/c1-10(2)12-6-7-15-13(16-12)17-8-4-5-11(17)9-14-3/h6-7,10-11,14H,4-5,8-9H2,1-3H3/t11-/m0/s1. The van der Waals surface area contributed by atoms with Gasteiger partial charge in [-0.2, -0.15) is 0 Å². The van der Waals surface area contributed by atoms with Crippen LogP contribution in [-0.2, 0) is 0 Å². The van der Waals surface area contributed by atoms with Crippen molar-refractivity contribution in [3.63, 3.8) is 0 Å². The Labute approximate surface area is 103 Å². The molecule has 2 rings (SSSR count). The quantitative estimate of drug-likeness (QED) is 0.862. The van der Waals surface area contributed by atoms with Gasteiger partial charge in [0.25, 0.3) is 0 Å². The fourth-order valence-corrected chi connectivity index (χ4v) is 2.37. The van der Waals surface area contributed by atoms with E-state index in [9.17, 15) is 0 Å². The lowest BCUT2D eigenvalue weighted by Gasteiger charge is -2.24. The molecule has 1 aliphatic heterocycles. The van der Waals surface area contributed by atoms with E-state index in [-0.39, 0.29) is 0 Å². The van der Waals surface area contributed by atoms with Crippen LogP contribution in [-0.4, -0.2) is 36.1 Å². The van der Waals surface area contributed by atoms with E-state index in [1.807, 2.05) is 19.3 Å². The van der Waals surface area contributed by atoms with Crippen LogP contribution in [0, 0.1) is 0 Å². The van der Waals surface area contributed by atoms with Crippen molar-refractivity contribution in [2.75, 3.05) is 25.0 Å². The van der Waals surface area contributed by atoms with Gasteiger partial charge in [0.05, 0.1) is 0 Å². The maximum absolute atomic E-state index is 4.67. The molecule has 4 heteroatoms. The van der Waals surface area contributed by atoms with E-state index >= 15 is 0 Å². The van der Waals surface area contributed by atoms with Crippen LogP contribution in [0.3, 0.4) is 0 Å². The van der Waals surface area contributed by atoms with Crippen molar-refractivity contribution in [3.05, 3.63) is 18.0 Å². The van der Waals surface area contributed by atoms with E-state index in [2.05, 4.69) is 34.0 Å². The monoisotopic (exact) mass is 234 g/mol. The number of nitrogens with one attached hydrogen (secondary N) is 1. The van der Waals surface area contributed by atoms with Gasteiger partial charge < -0.3 is 10.2 Å². The first-order valence-corrected chi connectivity index (χ1v) is 6.46. The molecule has 1 aliphatic rings. The molecule has 1 fully saturated rings. The zero-order chi connectivity index (χ0) is 12.3. The maximum Gasteiger partial charge on any atom is 0.225 e. The number of aromatic nitrogens is 2.